The summed E-state index contributed by atoms with van der Waals surface area (Å²) in [6, 6.07) is 3.15. The number of anilines is 1. The number of benzene rings is 1. The van der Waals surface area contributed by atoms with E-state index in [0.717, 1.165) is 5.56 Å². The van der Waals surface area contributed by atoms with Crippen molar-refractivity contribution in [1.82, 2.24) is 9.97 Å². The first kappa shape index (κ1) is 14.7. The molecule has 0 amide bonds. The van der Waals surface area contributed by atoms with E-state index < -0.39 is 4.92 Å². The fourth-order valence-electron chi connectivity index (χ4n) is 1.84. The minimum absolute atomic E-state index is 0.0789. The Bertz CT molecular complexity index is 701. The van der Waals surface area contributed by atoms with Crippen LogP contribution in [0.1, 0.15) is 16.7 Å². The van der Waals surface area contributed by atoms with Crippen LogP contribution in [0.5, 0.6) is 11.6 Å². The molecule has 7 heteroatoms. The molecule has 1 N–H and O–H groups in total. The topological polar surface area (TPSA) is 90.2 Å². The fourth-order valence-corrected chi connectivity index (χ4v) is 1.84. The summed E-state index contributed by atoms with van der Waals surface area (Å²) in [4.78, 5) is 18.8. The van der Waals surface area contributed by atoms with E-state index in [1.807, 2.05) is 6.92 Å². The van der Waals surface area contributed by atoms with E-state index in [0.29, 0.717) is 28.7 Å². The molecular weight excluding hydrogens is 272 g/mol. The van der Waals surface area contributed by atoms with Crippen LogP contribution in [-0.2, 0) is 0 Å². The molecule has 0 unspecified atom stereocenters. The van der Waals surface area contributed by atoms with Crippen LogP contribution in [0.4, 0.5) is 11.6 Å². The van der Waals surface area contributed by atoms with Gasteiger partial charge in [0.25, 0.3) is 5.69 Å². The van der Waals surface area contributed by atoms with Crippen molar-refractivity contribution in [3.8, 4) is 11.6 Å². The van der Waals surface area contributed by atoms with Crippen molar-refractivity contribution in [1.29, 1.82) is 0 Å². The highest BCUT2D eigenvalue weighted by molar-refractivity contribution is 5.50. The van der Waals surface area contributed by atoms with Crippen molar-refractivity contribution < 1.29 is 9.66 Å². The number of nitro groups is 1. The van der Waals surface area contributed by atoms with Gasteiger partial charge >= 0.3 is 0 Å². The van der Waals surface area contributed by atoms with Gasteiger partial charge in [0.1, 0.15) is 5.75 Å². The standard InChI is InChI=1S/C14H16N4O3/c1-8-6-12(9(2)5-11(8)18(19)20)21-13-10(3)7-16-14(15-4)17-13/h5-7H,1-4H3,(H,15,16,17). The molecule has 0 bridgehead atoms. The van der Waals surface area contributed by atoms with Crippen LogP contribution < -0.4 is 10.1 Å². The van der Waals surface area contributed by atoms with E-state index in [1.54, 1.807) is 33.2 Å². The van der Waals surface area contributed by atoms with Crippen molar-refractivity contribution in [3.63, 3.8) is 0 Å². The molecule has 21 heavy (non-hydrogen) atoms. The van der Waals surface area contributed by atoms with E-state index in [9.17, 15) is 10.1 Å². The smallest absolute Gasteiger partial charge is 0.272 e. The van der Waals surface area contributed by atoms with Gasteiger partial charge in [-0.25, -0.2) is 4.98 Å². The number of ether oxygens (including phenoxy) is 1. The molecule has 0 saturated carbocycles. The van der Waals surface area contributed by atoms with Gasteiger partial charge in [0.15, 0.2) is 0 Å². The lowest BCUT2D eigenvalue weighted by Gasteiger charge is -2.11. The highest BCUT2D eigenvalue weighted by atomic mass is 16.6. The Hall–Kier alpha value is -2.70. The maximum atomic E-state index is 10.9. The molecule has 110 valence electrons. The number of nitro benzene ring substituents is 1. The number of nitrogens with zero attached hydrogens (tertiary/aromatic N) is 3. The molecule has 0 saturated heterocycles. The number of hydrogen-bond acceptors (Lipinski definition) is 6. The molecule has 2 rings (SSSR count). The van der Waals surface area contributed by atoms with Crippen molar-refractivity contribution in [3.05, 3.63) is 45.1 Å². The highest BCUT2D eigenvalue weighted by Gasteiger charge is 2.15. The zero-order valence-corrected chi connectivity index (χ0v) is 12.3. The molecular formula is C14H16N4O3. The Labute approximate surface area is 122 Å². The molecule has 1 heterocycles. The summed E-state index contributed by atoms with van der Waals surface area (Å²) in [5.41, 5.74) is 2.08. The summed E-state index contributed by atoms with van der Waals surface area (Å²) in [5, 5.41) is 13.8. The third kappa shape index (κ3) is 3.07. The Kier molecular flexibility index (Phi) is 4.02. The quantitative estimate of drug-likeness (QED) is 0.686. The van der Waals surface area contributed by atoms with Crippen molar-refractivity contribution in [2.24, 2.45) is 0 Å². The summed E-state index contributed by atoms with van der Waals surface area (Å²) in [6.45, 7) is 5.27. The van der Waals surface area contributed by atoms with Gasteiger partial charge < -0.3 is 10.1 Å². The van der Waals surface area contributed by atoms with Crippen LogP contribution in [-0.4, -0.2) is 21.9 Å². The Balaban J connectivity index is 2.40. The average molecular weight is 288 g/mol. The van der Waals surface area contributed by atoms with Crippen LogP contribution in [0.2, 0.25) is 0 Å². The van der Waals surface area contributed by atoms with E-state index in [4.69, 9.17) is 4.74 Å². The van der Waals surface area contributed by atoms with Crippen LogP contribution in [0.3, 0.4) is 0 Å². The monoisotopic (exact) mass is 288 g/mol. The first-order valence-electron chi connectivity index (χ1n) is 6.37. The van der Waals surface area contributed by atoms with Crippen LogP contribution in [0.25, 0.3) is 0 Å². The fraction of sp³-hybridized carbons (Fsp3) is 0.286. The summed E-state index contributed by atoms with van der Waals surface area (Å²) in [7, 11) is 1.72. The van der Waals surface area contributed by atoms with E-state index in [-0.39, 0.29) is 5.69 Å². The largest absolute Gasteiger partial charge is 0.438 e. The number of aryl methyl sites for hydroxylation is 3. The molecule has 0 aliphatic heterocycles. The molecule has 0 spiro atoms. The van der Waals surface area contributed by atoms with E-state index >= 15 is 0 Å². The minimum atomic E-state index is -0.402. The van der Waals surface area contributed by atoms with E-state index in [1.165, 1.54) is 6.07 Å². The zero-order valence-electron chi connectivity index (χ0n) is 12.3. The predicted molar refractivity (Wildman–Crippen MR) is 79.0 cm³/mol. The molecule has 0 fully saturated rings. The van der Waals surface area contributed by atoms with Crippen LogP contribution in [0, 0.1) is 30.9 Å². The molecule has 0 aliphatic rings. The second kappa shape index (κ2) is 5.74. The van der Waals surface area contributed by atoms with Gasteiger partial charge in [0.2, 0.25) is 11.8 Å². The van der Waals surface area contributed by atoms with Gasteiger partial charge in [-0.1, -0.05) is 0 Å². The minimum Gasteiger partial charge on any atom is -0.438 e. The van der Waals surface area contributed by atoms with Crippen molar-refractivity contribution in [2.45, 2.75) is 20.8 Å². The third-order valence-electron chi connectivity index (χ3n) is 3.05. The lowest BCUT2D eigenvalue weighted by Crippen LogP contribution is -2.01. The summed E-state index contributed by atoms with van der Waals surface area (Å²) < 4.78 is 5.78. The SMILES string of the molecule is CNc1ncc(C)c(Oc2cc(C)c([N+](=O)[O-])cc2C)n1. The predicted octanol–water partition coefficient (Wildman–Crippen LogP) is 3.14. The number of nitrogens with one attached hydrogen (secondary N) is 1. The van der Waals surface area contributed by atoms with Gasteiger partial charge in [-0.15, -0.1) is 0 Å². The lowest BCUT2D eigenvalue weighted by atomic mass is 10.1. The van der Waals surface area contributed by atoms with Gasteiger partial charge in [0.05, 0.1) is 4.92 Å². The molecule has 1 aromatic carbocycles. The van der Waals surface area contributed by atoms with Crippen molar-refractivity contribution >= 4 is 11.6 Å². The van der Waals surface area contributed by atoms with Gasteiger partial charge in [-0.2, -0.15) is 4.98 Å². The molecule has 2 aromatic rings. The maximum absolute atomic E-state index is 10.9. The van der Waals surface area contributed by atoms with E-state index in [2.05, 4.69) is 15.3 Å². The van der Waals surface area contributed by atoms with Crippen LogP contribution in [0.15, 0.2) is 18.3 Å². The maximum Gasteiger partial charge on any atom is 0.272 e. The number of hydrogen-bond donors (Lipinski definition) is 1. The normalized spacial score (nSPS) is 10.3. The summed E-state index contributed by atoms with van der Waals surface area (Å²) in [6.07, 6.45) is 1.65. The molecule has 0 radical (unpaired) electrons. The van der Waals surface area contributed by atoms with Gasteiger partial charge in [-0.05, 0) is 32.4 Å². The third-order valence-corrected chi connectivity index (χ3v) is 3.05. The Morgan fingerprint density at radius 1 is 1.19 bits per heavy atom. The molecule has 7 nitrogen and oxygen atoms in total. The first-order chi connectivity index (χ1) is 9.92. The molecule has 1 aromatic heterocycles. The highest BCUT2D eigenvalue weighted by Crippen LogP contribution is 2.31. The summed E-state index contributed by atoms with van der Waals surface area (Å²) >= 11 is 0. The lowest BCUT2D eigenvalue weighted by molar-refractivity contribution is -0.385. The summed E-state index contributed by atoms with van der Waals surface area (Å²) in [5.74, 6) is 1.42. The molecule has 0 atom stereocenters. The average Bonchev–Trinajstić information content (AvgIpc) is 2.44. The Morgan fingerprint density at radius 2 is 1.90 bits per heavy atom. The Morgan fingerprint density at radius 3 is 2.52 bits per heavy atom. The zero-order chi connectivity index (χ0) is 15.6. The second-order valence-corrected chi connectivity index (χ2v) is 4.70. The van der Waals surface area contributed by atoms with Crippen molar-refractivity contribution in [2.75, 3.05) is 12.4 Å². The van der Waals surface area contributed by atoms with Gasteiger partial charge in [-0.3, -0.25) is 10.1 Å². The van der Waals surface area contributed by atoms with Crippen LogP contribution >= 0.6 is 0 Å². The van der Waals surface area contributed by atoms with Gasteiger partial charge in [0, 0.05) is 30.4 Å². The number of aromatic nitrogens is 2. The molecule has 0 aliphatic carbocycles. The number of rotatable bonds is 4. The first-order valence-corrected chi connectivity index (χ1v) is 6.37. The second-order valence-electron chi connectivity index (χ2n) is 4.70.